The number of amides is 1. The van der Waals surface area contributed by atoms with Crippen molar-refractivity contribution in [1.82, 2.24) is 15.5 Å². The fraction of sp³-hybridized carbons (Fsp3) is 0.611. The molecule has 2 N–H and O–H groups in total. The molecule has 3 rings (SSSR count). The van der Waals surface area contributed by atoms with Crippen molar-refractivity contribution >= 4 is 15.7 Å². The molecule has 2 aliphatic rings. The zero-order valence-electron chi connectivity index (χ0n) is 14.5. The van der Waals surface area contributed by atoms with Gasteiger partial charge in [-0.15, -0.1) is 0 Å². The number of hydrogen-bond acceptors (Lipinski definition) is 5. The van der Waals surface area contributed by atoms with E-state index in [4.69, 9.17) is 0 Å². The fourth-order valence-electron chi connectivity index (χ4n) is 3.55. The summed E-state index contributed by atoms with van der Waals surface area (Å²) in [5.74, 6) is -0.153. The van der Waals surface area contributed by atoms with Crippen LogP contribution < -0.4 is 10.6 Å². The van der Waals surface area contributed by atoms with E-state index in [-0.39, 0.29) is 11.2 Å². The molecule has 1 saturated carbocycles. The molecule has 1 aromatic carbocycles. The summed E-state index contributed by atoms with van der Waals surface area (Å²) >= 11 is 0. The molecule has 0 aromatic heterocycles. The normalized spacial score (nSPS) is 19.8. The molecule has 25 heavy (non-hydrogen) atoms. The van der Waals surface area contributed by atoms with Crippen LogP contribution in [0.5, 0.6) is 0 Å². The number of carbonyl (C=O) groups is 1. The Balaban J connectivity index is 1.53. The summed E-state index contributed by atoms with van der Waals surface area (Å²) in [7, 11) is -3.26. The third-order valence-corrected chi connectivity index (χ3v) is 7.39. The summed E-state index contributed by atoms with van der Waals surface area (Å²) in [6.45, 7) is 5.42. The van der Waals surface area contributed by atoms with Gasteiger partial charge in [0.15, 0.2) is 9.84 Å². The van der Waals surface area contributed by atoms with E-state index in [0.717, 1.165) is 58.4 Å². The number of sulfone groups is 1. The zero-order chi connectivity index (χ0) is 17.7. The van der Waals surface area contributed by atoms with Crippen molar-refractivity contribution in [2.24, 2.45) is 0 Å². The van der Waals surface area contributed by atoms with E-state index < -0.39 is 9.84 Å². The molecule has 6 nitrogen and oxygen atoms in total. The molecule has 0 radical (unpaired) electrons. The number of benzene rings is 1. The van der Waals surface area contributed by atoms with E-state index in [9.17, 15) is 13.2 Å². The molecule has 1 amide bonds. The van der Waals surface area contributed by atoms with Gasteiger partial charge >= 0.3 is 0 Å². The molecule has 138 valence electrons. The predicted molar refractivity (Wildman–Crippen MR) is 97.5 cm³/mol. The standard InChI is InChI=1S/C18H27N3O3S/c22-18(20-11-14-21-12-9-19-10-13-21)15-5-7-17(8-6-15)25(23,24)16-3-1-2-4-16/h5-8,16,19H,1-4,9-14H2,(H,20,22). The van der Waals surface area contributed by atoms with Crippen molar-refractivity contribution in [2.75, 3.05) is 39.3 Å². The van der Waals surface area contributed by atoms with Crippen LogP contribution in [0.15, 0.2) is 29.2 Å². The van der Waals surface area contributed by atoms with Crippen molar-refractivity contribution in [3.8, 4) is 0 Å². The molecule has 1 heterocycles. The Labute approximate surface area is 149 Å². The minimum absolute atomic E-state index is 0.153. The maximum atomic E-state index is 12.6. The van der Waals surface area contributed by atoms with Gasteiger partial charge < -0.3 is 10.6 Å². The summed E-state index contributed by atoms with van der Waals surface area (Å²) in [6.07, 6.45) is 3.46. The van der Waals surface area contributed by atoms with Crippen molar-refractivity contribution in [3.05, 3.63) is 29.8 Å². The van der Waals surface area contributed by atoms with Crippen LogP contribution in [0, 0.1) is 0 Å². The van der Waals surface area contributed by atoms with Crippen LogP contribution >= 0.6 is 0 Å². The van der Waals surface area contributed by atoms with Crippen molar-refractivity contribution < 1.29 is 13.2 Å². The summed E-state index contributed by atoms with van der Waals surface area (Å²) in [5.41, 5.74) is 0.505. The number of carbonyl (C=O) groups excluding carboxylic acids is 1. The second-order valence-electron chi connectivity index (χ2n) is 6.82. The number of nitrogens with one attached hydrogen (secondary N) is 2. The Morgan fingerprint density at radius 1 is 1.12 bits per heavy atom. The van der Waals surface area contributed by atoms with Gasteiger partial charge in [0.2, 0.25) is 0 Å². The third kappa shape index (κ3) is 4.59. The molecule has 1 aliphatic heterocycles. The van der Waals surface area contributed by atoms with Gasteiger partial charge in [0.25, 0.3) is 5.91 Å². The van der Waals surface area contributed by atoms with Crippen LogP contribution in [-0.4, -0.2) is 63.7 Å². The van der Waals surface area contributed by atoms with Crippen LogP contribution in [0.3, 0.4) is 0 Å². The Morgan fingerprint density at radius 2 is 1.76 bits per heavy atom. The lowest BCUT2D eigenvalue weighted by atomic mass is 10.2. The molecule has 1 aromatic rings. The minimum Gasteiger partial charge on any atom is -0.351 e. The average Bonchev–Trinajstić information content (AvgIpc) is 3.18. The molecule has 1 saturated heterocycles. The van der Waals surface area contributed by atoms with Crippen molar-refractivity contribution in [2.45, 2.75) is 35.8 Å². The van der Waals surface area contributed by atoms with Gasteiger partial charge in [-0.05, 0) is 37.1 Å². The lowest BCUT2D eigenvalue weighted by Crippen LogP contribution is -2.46. The number of rotatable bonds is 6. The SMILES string of the molecule is O=C(NCCN1CCNCC1)c1ccc(S(=O)(=O)C2CCCC2)cc1. The summed E-state index contributed by atoms with van der Waals surface area (Å²) in [6, 6.07) is 6.36. The average molecular weight is 365 g/mol. The van der Waals surface area contributed by atoms with E-state index in [1.807, 2.05) is 0 Å². The smallest absolute Gasteiger partial charge is 0.251 e. The monoisotopic (exact) mass is 365 g/mol. The van der Waals surface area contributed by atoms with E-state index >= 15 is 0 Å². The Kier molecular flexibility index (Phi) is 6.09. The molecule has 2 fully saturated rings. The van der Waals surface area contributed by atoms with E-state index in [2.05, 4.69) is 15.5 Å². The van der Waals surface area contributed by atoms with Gasteiger partial charge in [0.1, 0.15) is 0 Å². The first-order valence-corrected chi connectivity index (χ1v) is 10.7. The van der Waals surface area contributed by atoms with Crippen LogP contribution in [0.25, 0.3) is 0 Å². The number of nitrogens with zero attached hydrogens (tertiary/aromatic N) is 1. The molecular formula is C18H27N3O3S. The van der Waals surface area contributed by atoms with E-state index in [1.54, 1.807) is 24.3 Å². The van der Waals surface area contributed by atoms with Crippen molar-refractivity contribution in [1.29, 1.82) is 0 Å². The largest absolute Gasteiger partial charge is 0.351 e. The van der Waals surface area contributed by atoms with Crippen LogP contribution in [-0.2, 0) is 9.84 Å². The van der Waals surface area contributed by atoms with Crippen LogP contribution in [0.2, 0.25) is 0 Å². The van der Waals surface area contributed by atoms with Crippen LogP contribution in [0.1, 0.15) is 36.0 Å². The first-order valence-electron chi connectivity index (χ1n) is 9.12. The van der Waals surface area contributed by atoms with Gasteiger partial charge in [-0.3, -0.25) is 9.69 Å². The van der Waals surface area contributed by atoms with Gasteiger partial charge in [-0.1, -0.05) is 12.8 Å². The molecule has 0 atom stereocenters. The molecular weight excluding hydrogens is 338 g/mol. The quantitative estimate of drug-likeness (QED) is 0.787. The maximum absolute atomic E-state index is 12.6. The predicted octanol–water partition coefficient (Wildman–Crippen LogP) is 1.04. The molecule has 0 spiro atoms. The van der Waals surface area contributed by atoms with Crippen LogP contribution in [0.4, 0.5) is 0 Å². The molecule has 0 bridgehead atoms. The Hall–Kier alpha value is -1.44. The second kappa shape index (κ2) is 8.29. The fourth-order valence-corrected chi connectivity index (χ4v) is 5.41. The van der Waals surface area contributed by atoms with Gasteiger partial charge in [-0.25, -0.2) is 8.42 Å². The molecule has 1 aliphatic carbocycles. The topological polar surface area (TPSA) is 78.5 Å². The van der Waals surface area contributed by atoms with Crippen molar-refractivity contribution in [3.63, 3.8) is 0 Å². The number of piperazine rings is 1. The minimum atomic E-state index is -3.26. The first-order chi connectivity index (χ1) is 12.1. The first kappa shape index (κ1) is 18.4. The molecule has 7 heteroatoms. The summed E-state index contributed by atoms with van der Waals surface area (Å²) < 4.78 is 25.1. The van der Waals surface area contributed by atoms with E-state index in [1.165, 1.54) is 0 Å². The molecule has 0 unspecified atom stereocenters. The lowest BCUT2D eigenvalue weighted by molar-refractivity contribution is 0.0947. The second-order valence-corrected chi connectivity index (χ2v) is 9.05. The highest BCUT2D eigenvalue weighted by Crippen LogP contribution is 2.29. The van der Waals surface area contributed by atoms with E-state index in [0.29, 0.717) is 17.0 Å². The third-order valence-electron chi connectivity index (χ3n) is 5.11. The zero-order valence-corrected chi connectivity index (χ0v) is 15.4. The Bertz CT molecular complexity index is 676. The highest BCUT2D eigenvalue weighted by Gasteiger charge is 2.30. The lowest BCUT2D eigenvalue weighted by Gasteiger charge is -2.27. The highest BCUT2D eigenvalue weighted by atomic mass is 32.2. The summed E-state index contributed by atoms with van der Waals surface area (Å²) in [4.78, 5) is 14.9. The number of hydrogen-bond donors (Lipinski definition) is 2. The van der Waals surface area contributed by atoms with Gasteiger partial charge in [-0.2, -0.15) is 0 Å². The Morgan fingerprint density at radius 3 is 2.40 bits per heavy atom. The highest BCUT2D eigenvalue weighted by molar-refractivity contribution is 7.92. The maximum Gasteiger partial charge on any atom is 0.251 e. The van der Waals surface area contributed by atoms with Gasteiger partial charge in [0.05, 0.1) is 10.1 Å². The summed E-state index contributed by atoms with van der Waals surface area (Å²) in [5, 5.41) is 5.95. The van der Waals surface area contributed by atoms with Gasteiger partial charge in [0, 0.05) is 44.8 Å².